The van der Waals surface area contributed by atoms with Gasteiger partial charge in [-0.1, -0.05) is 13.0 Å². The molecule has 1 atom stereocenters. The fraction of sp³-hybridized carbons (Fsp3) is 0.455. The third kappa shape index (κ3) is 4.14. The van der Waals surface area contributed by atoms with Crippen LogP contribution in [0.4, 0.5) is 8.78 Å². The lowest BCUT2D eigenvalue weighted by atomic mass is 10.2. The van der Waals surface area contributed by atoms with Gasteiger partial charge in [-0.2, -0.15) is 0 Å². The average Bonchev–Trinajstić information content (AvgIpc) is 2.23. The van der Waals surface area contributed by atoms with Crippen LogP contribution in [0.1, 0.15) is 18.9 Å². The summed E-state index contributed by atoms with van der Waals surface area (Å²) in [6.45, 7) is 3.16. The van der Waals surface area contributed by atoms with Gasteiger partial charge >= 0.3 is 0 Å². The zero-order valence-corrected chi connectivity index (χ0v) is 9.32. The van der Waals surface area contributed by atoms with Crippen molar-refractivity contribution in [3.05, 3.63) is 35.4 Å². The van der Waals surface area contributed by atoms with E-state index >= 15 is 0 Å². The van der Waals surface area contributed by atoms with Gasteiger partial charge in [0.05, 0.1) is 0 Å². The highest BCUT2D eigenvalue weighted by molar-refractivity contribution is 6.20. The van der Waals surface area contributed by atoms with E-state index in [1.807, 2.05) is 6.92 Å². The minimum Gasteiger partial charge on any atom is -0.311 e. The fourth-order valence-corrected chi connectivity index (χ4v) is 1.28. The van der Waals surface area contributed by atoms with Gasteiger partial charge < -0.3 is 5.32 Å². The van der Waals surface area contributed by atoms with E-state index in [9.17, 15) is 8.78 Å². The predicted octanol–water partition coefficient (Wildman–Crippen LogP) is 3.07. The molecule has 0 aliphatic heterocycles. The Bertz CT molecular complexity index is 317. The Balaban J connectivity index is 2.41. The summed E-state index contributed by atoms with van der Waals surface area (Å²) < 4.78 is 25.4. The molecular formula is C11H14ClF2N. The van der Waals surface area contributed by atoms with E-state index in [-0.39, 0.29) is 5.38 Å². The summed E-state index contributed by atoms with van der Waals surface area (Å²) in [5.41, 5.74) is 0.717. The highest BCUT2D eigenvalue weighted by Crippen LogP contribution is 2.08. The van der Waals surface area contributed by atoms with Crippen LogP contribution in [0.2, 0.25) is 0 Å². The van der Waals surface area contributed by atoms with Crippen molar-refractivity contribution in [2.24, 2.45) is 0 Å². The Morgan fingerprint density at radius 2 is 2.07 bits per heavy atom. The number of alkyl halides is 1. The number of hydrogen-bond acceptors (Lipinski definition) is 1. The van der Waals surface area contributed by atoms with E-state index in [2.05, 4.69) is 5.32 Å². The Kier molecular flexibility index (Phi) is 4.99. The first-order valence-electron chi connectivity index (χ1n) is 4.92. The Morgan fingerprint density at radius 1 is 1.33 bits per heavy atom. The largest absolute Gasteiger partial charge is 0.311 e. The average molecular weight is 234 g/mol. The summed E-state index contributed by atoms with van der Waals surface area (Å²) in [7, 11) is 0. The maximum atomic E-state index is 12.8. The standard InChI is InChI=1S/C11H14ClF2N/c1-2-9(12)7-15-6-8-3-4-10(13)11(14)5-8/h3-5,9,15H,2,6-7H2,1H3. The van der Waals surface area contributed by atoms with Crippen molar-refractivity contribution in [2.75, 3.05) is 6.54 Å². The Morgan fingerprint density at radius 3 is 2.67 bits per heavy atom. The number of nitrogens with one attached hydrogen (secondary N) is 1. The maximum absolute atomic E-state index is 12.8. The van der Waals surface area contributed by atoms with Gasteiger partial charge in [0, 0.05) is 18.5 Å². The monoisotopic (exact) mass is 233 g/mol. The van der Waals surface area contributed by atoms with Gasteiger partial charge in [0.1, 0.15) is 0 Å². The molecule has 0 fully saturated rings. The van der Waals surface area contributed by atoms with Gasteiger partial charge in [-0.25, -0.2) is 8.78 Å². The van der Waals surface area contributed by atoms with Crippen molar-refractivity contribution < 1.29 is 8.78 Å². The molecule has 1 aromatic rings. The lowest BCUT2D eigenvalue weighted by molar-refractivity contribution is 0.506. The van der Waals surface area contributed by atoms with Crippen molar-refractivity contribution in [2.45, 2.75) is 25.3 Å². The van der Waals surface area contributed by atoms with Crippen LogP contribution in [-0.4, -0.2) is 11.9 Å². The summed E-state index contributed by atoms with van der Waals surface area (Å²) in [4.78, 5) is 0. The second kappa shape index (κ2) is 6.03. The molecule has 0 saturated heterocycles. The van der Waals surface area contributed by atoms with Crippen molar-refractivity contribution in [3.8, 4) is 0 Å². The molecule has 1 unspecified atom stereocenters. The minimum absolute atomic E-state index is 0.0790. The van der Waals surface area contributed by atoms with Gasteiger partial charge in [-0.15, -0.1) is 11.6 Å². The van der Waals surface area contributed by atoms with Crippen LogP contribution in [-0.2, 0) is 6.54 Å². The molecule has 4 heteroatoms. The maximum Gasteiger partial charge on any atom is 0.159 e. The minimum atomic E-state index is -0.817. The van der Waals surface area contributed by atoms with Crippen molar-refractivity contribution in [1.82, 2.24) is 5.32 Å². The van der Waals surface area contributed by atoms with Gasteiger partial charge in [-0.3, -0.25) is 0 Å². The quantitative estimate of drug-likeness (QED) is 0.771. The number of benzene rings is 1. The third-order valence-corrected chi connectivity index (χ3v) is 2.58. The van der Waals surface area contributed by atoms with Gasteiger partial charge in [0.2, 0.25) is 0 Å². The van der Waals surface area contributed by atoms with E-state index in [0.29, 0.717) is 18.7 Å². The molecule has 0 spiro atoms. The van der Waals surface area contributed by atoms with Crippen LogP contribution in [0.25, 0.3) is 0 Å². The Labute approximate surface area is 93.4 Å². The molecular weight excluding hydrogens is 220 g/mol. The van der Waals surface area contributed by atoms with Crippen LogP contribution in [0, 0.1) is 11.6 Å². The molecule has 1 N–H and O–H groups in total. The first-order valence-corrected chi connectivity index (χ1v) is 5.35. The van der Waals surface area contributed by atoms with E-state index in [4.69, 9.17) is 11.6 Å². The lowest BCUT2D eigenvalue weighted by Crippen LogP contribution is -2.22. The fourth-order valence-electron chi connectivity index (χ4n) is 1.17. The second-order valence-corrected chi connectivity index (χ2v) is 4.00. The van der Waals surface area contributed by atoms with Crippen molar-refractivity contribution in [1.29, 1.82) is 0 Å². The third-order valence-electron chi connectivity index (χ3n) is 2.12. The summed E-state index contributed by atoms with van der Waals surface area (Å²) in [6.07, 6.45) is 0.881. The van der Waals surface area contributed by atoms with E-state index in [1.54, 1.807) is 6.07 Å². The summed E-state index contributed by atoms with van der Waals surface area (Å²) >= 11 is 5.89. The van der Waals surface area contributed by atoms with Crippen LogP contribution in [0.5, 0.6) is 0 Å². The lowest BCUT2D eigenvalue weighted by Gasteiger charge is -2.08. The molecule has 1 rings (SSSR count). The molecule has 0 aliphatic carbocycles. The van der Waals surface area contributed by atoms with E-state index in [1.165, 1.54) is 6.07 Å². The zero-order valence-electron chi connectivity index (χ0n) is 8.56. The molecule has 0 radical (unpaired) electrons. The smallest absolute Gasteiger partial charge is 0.159 e. The predicted molar refractivity (Wildman–Crippen MR) is 58.0 cm³/mol. The van der Waals surface area contributed by atoms with Crippen LogP contribution < -0.4 is 5.32 Å². The topological polar surface area (TPSA) is 12.0 Å². The molecule has 0 saturated carbocycles. The molecule has 0 aromatic heterocycles. The highest BCUT2D eigenvalue weighted by Gasteiger charge is 2.03. The zero-order chi connectivity index (χ0) is 11.3. The first-order chi connectivity index (χ1) is 7.13. The molecule has 0 aliphatic rings. The van der Waals surface area contributed by atoms with Gasteiger partial charge in [0.25, 0.3) is 0 Å². The molecule has 0 heterocycles. The number of rotatable bonds is 5. The molecule has 1 aromatic carbocycles. The molecule has 0 bridgehead atoms. The SMILES string of the molecule is CCC(Cl)CNCc1ccc(F)c(F)c1. The summed E-state index contributed by atoms with van der Waals surface area (Å²) in [6, 6.07) is 3.88. The van der Waals surface area contributed by atoms with Crippen molar-refractivity contribution >= 4 is 11.6 Å². The highest BCUT2D eigenvalue weighted by atomic mass is 35.5. The van der Waals surface area contributed by atoms with Crippen molar-refractivity contribution in [3.63, 3.8) is 0 Å². The molecule has 0 amide bonds. The van der Waals surface area contributed by atoms with Crippen LogP contribution in [0.3, 0.4) is 0 Å². The molecule has 84 valence electrons. The van der Waals surface area contributed by atoms with E-state index in [0.717, 1.165) is 12.5 Å². The first kappa shape index (κ1) is 12.4. The second-order valence-electron chi connectivity index (χ2n) is 3.38. The van der Waals surface area contributed by atoms with E-state index < -0.39 is 11.6 Å². The number of halogens is 3. The van der Waals surface area contributed by atoms with Gasteiger partial charge in [-0.05, 0) is 24.1 Å². The van der Waals surface area contributed by atoms with Gasteiger partial charge in [0.15, 0.2) is 11.6 Å². The molecule has 15 heavy (non-hydrogen) atoms. The normalized spacial score (nSPS) is 12.8. The summed E-state index contributed by atoms with van der Waals surface area (Å²) in [5.74, 6) is -1.63. The number of hydrogen-bond donors (Lipinski definition) is 1. The molecule has 1 nitrogen and oxygen atoms in total. The Hall–Kier alpha value is -0.670. The van der Waals surface area contributed by atoms with Crippen LogP contribution in [0.15, 0.2) is 18.2 Å². The van der Waals surface area contributed by atoms with Crippen LogP contribution >= 0.6 is 11.6 Å². The summed E-state index contributed by atoms with van der Waals surface area (Å²) in [5, 5.41) is 3.16.